The molecule has 104 valence electrons. The van der Waals surface area contributed by atoms with E-state index < -0.39 is 0 Å². The number of phenols is 1. The number of hydrogen-bond acceptors (Lipinski definition) is 2. The Kier molecular flexibility index (Phi) is 3.39. The summed E-state index contributed by atoms with van der Waals surface area (Å²) in [5.41, 5.74) is 4.84. The molecule has 0 bridgehead atoms. The van der Waals surface area contributed by atoms with Gasteiger partial charge in [-0.15, -0.1) is 0 Å². The van der Waals surface area contributed by atoms with Gasteiger partial charge in [0.25, 0.3) is 0 Å². The molecule has 20 heavy (non-hydrogen) atoms. The van der Waals surface area contributed by atoms with Crippen molar-refractivity contribution in [2.45, 2.75) is 38.6 Å². The van der Waals surface area contributed by atoms with Crippen molar-refractivity contribution in [2.24, 2.45) is 0 Å². The standard InChI is InChI=1S/C18H21NO/c1-12(2)13-6-8-14(9-7-13)19-17-11-10-16-15(17)4-3-5-18(16)20/h3-9,12,17,19-20H,10-11H2,1-2H3. The van der Waals surface area contributed by atoms with E-state index in [1.165, 1.54) is 11.1 Å². The van der Waals surface area contributed by atoms with Crippen LogP contribution in [0.2, 0.25) is 0 Å². The number of hydrogen-bond donors (Lipinski definition) is 2. The van der Waals surface area contributed by atoms with Crippen LogP contribution in [-0.4, -0.2) is 5.11 Å². The summed E-state index contributed by atoms with van der Waals surface area (Å²) in [7, 11) is 0. The quantitative estimate of drug-likeness (QED) is 0.850. The molecule has 0 heterocycles. The van der Waals surface area contributed by atoms with Crippen LogP contribution in [0, 0.1) is 0 Å². The van der Waals surface area contributed by atoms with Crippen molar-refractivity contribution in [3.8, 4) is 5.75 Å². The van der Waals surface area contributed by atoms with Crippen LogP contribution in [0.1, 0.15) is 48.9 Å². The smallest absolute Gasteiger partial charge is 0.119 e. The number of benzene rings is 2. The molecule has 0 amide bonds. The van der Waals surface area contributed by atoms with E-state index in [0.29, 0.717) is 17.7 Å². The van der Waals surface area contributed by atoms with E-state index in [9.17, 15) is 5.11 Å². The largest absolute Gasteiger partial charge is 0.508 e. The van der Waals surface area contributed by atoms with E-state index in [1.807, 2.05) is 6.07 Å². The normalized spacial score (nSPS) is 17.2. The maximum Gasteiger partial charge on any atom is 0.119 e. The topological polar surface area (TPSA) is 32.3 Å². The summed E-state index contributed by atoms with van der Waals surface area (Å²) in [5, 5.41) is 13.5. The molecule has 0 radical (unpaired) electrons. The average Bonchev–Trinajstić information content (AvgIpc) is 2.84. The van der Waals surface area contributed by atoms with Crippen LogP contribution in [-0.2, 0) is 6.42 Å². The van der Waals surface area contributed by atoms with Crippen molar-refractivity contribution in [3.63, 3.8) is 0 Å². The number of fused-ring (bicyclic) bond motifs is 1. The second-order valence-electron chi connectivity index (χ2n) is 5.86. The number of aromatic hydroxyl groups is 1. The zero-order valence-electron chi connectivity index (χ0n) is 12.1. The minimum atomic E-state index is 0.307. The van der Waals surface area contributed by atoms with Crippen molar-refractivity contribution < 1.29 is 5.11 Å². The zero-order valence-corrected chi connectivity index (χ0v) is 12.1. The number of rotatable bonds is 3. The molecule has 2 heteroatoms. The van der Waals surface area contributed by atoms with Crippen LogP contribution >= 0.6 is 0 Å². The summed E-state index contributed by atoms with van der Waals surface area (Å²) in [4.78, 5) is 0. The summed E-state index contributed by atoms with van der Waals surface area (Å²) in [6, 6.07) is 14.8. The lowest BCUT2D eigenvalue weighted by Crippen LogP contribution is -2.07. The Morgan fingerprint density at radius 2 is 1.85 bits per heavy atom. The first-order valence-electron chi connectivity index (χ1n) is 7.32. The zero-order chi connectivity index (χ0) is 14.1. The third-order valence-corrected chi connectivity index (χ3v) is 4.16. The number of phenolic OH excluding ortho intramolecular Hbond substituents is 1. The average molecular weight is 267 g/mol. The number of anilines is 1. The van der Waals surface area contributed by atoms with Gasteiger partial charge in [-0.2, -0.15) is 0 Å². The predicted molar refractivity (Wildman–Crippen MR) is 83.3 cm³/mol. The minimum absolute atomic E-state index is 0.307. The Balaban J connectivity index is 1.79. The van der Waals surface area contributed by atoms with Crippen molar-refractivity contribution in [1.82, 2.24) is 0 Å². The van der Waals surface area contributed by atoms with Crippen LogP contribution in [0.3, 0.4) is 0 Å². The molecule has 3 rings (SSSR count). The highest BCUT2D eigenvalue weighted by Gasteiger charge is 2.24. The van der Waals surface area contributed by atoms with Gasteiger partial charge in [-0.1, -0.05) is 38.1 Å². The molecule has 0 spiro atoms. The first-order chi connectivity index (χ1) is 9.65. The van der Waals surface area contributed by atoms with Gasteiger partial charge in [-0.25, -0.2) is 0 Å². The van der Waals surface area contributed by atoms with Gasteiger partial charge in [0.15, 0.2) is 0 Å². The highest BCUT2D eigenvalue weighted by atomic mass is 16.3. The molecular formula is C18H21NO. The van der Waals surface area contributed by atoms with Crippen LogP contribution in [0.4, 0.5) is 5.69 Å². The van der Waals surface area contributed by atoms with E-state index in [0.717, 1.165) is 24.1 Å². The van der Waals surface area contributed by atoms with Crippen molar-refractivity contribution in [1.29, 1.82) is 0 Å². The van der Waals surface area contributed by atoms with Crippen LogP contribution in [0.25, 0.3) is 0 Å². The van der Waals surface area contributed by atoms with Crippen LogP contribution < -0.4 is 5.32 Å². The van der Waals surface area contributed by atoms with E-state index in [2.05, 4.69) is 49.5 Å². The first kappa shape index (κ1) is 13.0. The van der Waals surface area contributed by atoms with Gasteiger partial charge in [0, 0.05) is 5.69 Å². The molecule has 2 N–H and O–H groups in total. The second-order valence-corrected chi connectivity index (χ2v) is 5.86. The molecule has 0 saturated heterocycles. The molecule has 0 fully saturated rings. The second kappa shape index (κ2) is 5.20. The highest BCUT2D eigenvalue weighted by Crippen LogP contribution is 2.38. The molecule has 1 aliphatic carbocycles. The molecule has 2 aromatic rings. The van der Waals surface area contributed by atoms with Gasteiger partial charge >= 0.3 is 0 Å². The van der Waals surface area contributed by atoms with Gasteiger partial charge in [-0.05, 0) is 53.6 Å². The Morgan fingerprint density at radius 1 is 1.10 bits per heavy atom. The summed E-state index contributed by atoms with van der Waals surface area (Å²) in [6.07, 6.45) is 1.99. The molecule has 0 aromatic heterocycles. The fourth-order valence-corrected chi connectivity index (χ4v) is 2.95. The van der Waals surface area contributed by atoms with Crippen molar-refractivity contribution in [3.05, 3.63) is 59.2 Å². The summed E-state index contributed by atoms with van der Waals surface area (Å²) in [6.45, 7) is 4.41. The lowest BCUT2D eigenvalue weighted by Gasteiger charge is -2.16. The molecule has 1 unspecified atom stereocenters. The molecule has 1 atom stereocenters. The highest BCUT2D eigenvalue weighted by molar-refractivity contribution is 5.51. The summed E-state index contributed by atoms with van der Waals surface area (Å²) < 4.78 is 0. The molecule has 2 nitrogen and oxygen atoms in total. The van der Waals surface area contributed by atoms with Crippen molar-refractivity contribution >= 4 is 5.69 Å². The van der Waals surface area contributed by atoms with E-state index in [1.54, 1.807) is 6.07 Å². The Bertz CT molecular complexity index is 601. The maximum absolute atomic E-state index is 9.88. The fourth-order valence-electron chi connectivity index (χ4n) is 2.95. The van der Waals surface area contributed by atoms with Gasteiger partial charge < -0.3 is 10.4 Å². The molecule has 2 aromatic carbocycles. The minimum Gasteiger partial charge on any atom is -0.508 e. The van der Waals surface area contributed by atoms with Crippen LogP contribution in [0.15, 0.2) is 42.5 Å². The monoisotopic (exact) mass is 267 g/mol. The molecule has 0 saturated carbocycles. The fraction of sp³-hybridized carbons (Fsp3) is 0.333. The third kappa shape index (κ3) is 2.38. The third-order valence-electron chi connectivity index (χ3n) is 4.16. The van der Waals surface area contributed by atoms with Gasteiger partial charge in [0.1, 0.15) is 5.75 Å². The lowest BCUT2D eigenvalue weighted by atomic mass is 10.0. The molecular weight excluding hydrogens is 246 g/mol. The SMILES string of the molecule is CC(C)c1ccc(NC2CCc3c(O)cccc32)cc1. The Morgan fingerprint density at radius 3 is 2.55 bits per heavy atom. The summed E-state index contributed by atoms with van der Waals surface area (Å²) in [5.74, 6) is 0.996. The van der Waals surface area contributed by atoms with Gasteiger partial charge in [-0.3, -0.25) is 0 Å². The van der Waals surface area contributed by atoms with E-state index >= 15 is 0 Å². The Labute approximate surface area is 120 Å². The van der Waals surface area contributed by atoms with Gasteiger partial charge in [0.05, 0.1) is 6.04 Å². The molecule has 0 aliphatic heterocycles. The summed E-state index contributed by atoms with van der Waals surface area (Å²) >= 11 is 0. The lowest BCUT2D eigenvalue weighted by molar-refractivity contribution is 0.469. The van der Waals surface area contributed by atoms with Crippen LogP contribution in [0.5, 0.6) is 5.75 Å². The molecule has 1 aliphatic rings. The van der Waals surface area contributed by atoms with Gasteiger partial charge in [0.2, 0.25) is 0 Å². The van der Waals surface area contributed by atoms with E-state index in [-0.39, 0.29) is 0 Å². The number of nitrogens with one attached hydrogen (secondary N) is 1. The Hall–Kier alpha value is -1.96. The van der Waals surface area contributed by atoms with E-state index in [4.69, 9.17) is 0 Å². The predicted octanol–water partition coefficient (Wildman–Crippen LogP) is 4.62. The first-order valence-corrected chi connectivity index (χ1v) is 7.32. The van der Waals surface area contributed by atoms with Crippen molar-refractivity contribution in [2.75, 3.05) is 5.32 Å². The maximum atomic E-state index is 9.88.